The molecule has 1 atom stereocenters. The number of carbonyl (C=O) groups is 4. The van der Waals surface area contributed by atoms with Crippen LogP contribution in [0.4, 0.5) is 5.69 Å². The van der Waals surface area contributed by atoms with Gasteiger partial charge in [0.1, 0.15) is 0 Å². The van der Waals surface area contributed by atoms with Crippen LogP contribution in [0.3, 0.4) is 0 Å². The zero-order valence-corrected chi connectivity index (χ0v) is 19.3. The quantitative estimate of drug-likeness (QED) is 0.538. The Hall–Kier alpha value is -4.08. The Kier molecular flexibility index (Phi) is 8.07. The molecule has 0 aliphatic carbocycles. The first-order valence-electron chi connectivity index (χ1n) is 10.7. The fourth-order valence-electron chi connectivity index (χ4n) is 3.41. The monoisotopic (exact) mass is 469 g/mol. The zero-order chi connectivity index (χ0) is 24.7. The van der Waals surface area contributed by atoms with Gasteiger partial charge in [0.05, 0.1) is 26.7 Å². The summed E-state index contributed by atoms with van der Waals surface area (Å²) in [6.07, 6.45) is 0.753. The minimum absolute atomic E-state index is 0.0587. The summed E-state index contributed by atoms with van der Waals surface area (Å²) in [4.78, 5) is 49.3. The van der Waals surface area contributed by atoms with E-state index < -0.39 is 36.2 Å². The van der Waals surface area contributed by atoms with Crippen LogP contribution in [0.2, 0.25) is 0 Å². The lowest BCUT2D eigenvalue weighted by Crippen LogP contribution is -2.43. The summed E-state index contributed by atoms with van der Waals surface area (Å²) in [6.45, 7) is 1.50. The van der Waals surface area contributed by atoms with Crippen molar-refractivity contribution in [1.29, 1.82) is 0 Å². The van der Waals surface area contributed by atoms with Crippen molar-refractivity contribution in [3.63, 3.8) is 0 Å². The van der Waals surface area contributed by atoms with Gasteiger partial charge in [0.15, 0.2) is 18.1 Å². The fourth-order valence-corrected chi connectivity index (χ4v) is 3.41. The summed E-state index contributed by atoms with van der Waals surface area (Å²) < 4.78 is 15.4. The molecule has 1 aliphatic heterocycles. The van der Waals surface area contributed by atoms with Crippen molar-refractivity contribution in [3.05, 3.63) is 53.6 Å². The van der Waals surface area contributed by atoms with Crippen LogP contribution in [-0.4, -0.2) is 56.1 Å². The third-order valence-corrected chi connectivity index (χ3v) is 5.33. The number of aryl methyl sites for hydroxylation is 1. The van der Waals surface area contributed by atoms with E-state index in [9.17, 15) is 19.2 Å². The highest BCUT2D eigenvalue weighted by Crippen LogP contribution is 2.27. The number of carbonyl (C=O) groups excluding carboxylic acids is 4. The lowest BCUT2D eigenvalue weighted by atomic mass is 10.1. The maximum absolute atomic E-state index is 12.5. The molecule has 2 aromatic rings. The first-order chi connectivity index (χ1) is 16.3. The van der Waals surface area contributed by atoms with E-state index in [0.29, 0.717) is 17.2 Å². The van der Waals surface area contributed by atoms with Gasteiger partial charge in [-0.25, -0.2) is 0 Å². The molecule has 1 saturated heterocycles. The molecule has 2 N–H and O–H groups in total. The van der Waals surface area contributed by atoms with E-state index in [2.05, 4.69) is 10.7 Å². The van der Waals surface area contributed by atoms with Crippen LogP contribution in [-0.2, 0) is 25.5 Å². The van der Waals surface area contributed by atoms with E-state index in [-0.39, 0.29) is 18.5 Å². The second-order valence-corrected chi connectivity index (χ2v) is 7.62. The molecule has 0 saturated carbocycles. The van der Waals surface area contributed by atoms with Crippen LogP contribution < -0.4 is 20.2 Å². The van der Waals surface area contributed by atoms with Crippen molar-refractivity contribution < 1.29 is 33.4 Å². The van der Waals surface area contributed by atoms with E-state index in [1.807, 2.05) is 19.1 Å². The van der Waals surface area contributed by atoms with E-state index in [4.69, 9.17) is 14.2 Å². The molecular formula is C24H27N3O7. The molecule has 34 heavy (non-hydrogen) atoms. The maximum atomic E-state index is 12.5. The SMILES string of the molecule is CCc1ccc(NC(=O)COC(=O)[C@H]2CC(=O)N(NC(=O)c3ccc(OC)c(OC)c3)C2)cc1. The van der Waals surface area contributed by atoms with Gasteiger partial charge in [-0.3, -0.25) is 29.6 Å². The number of ether oxygens (including phenoxy) is 3. The number of esters is 1. The normalized spacial score (nSPS) is 15.0. The third-order valence-electron chi connectivity index (χ3n) is 5.33. The van der Waals surface area contributed by atoms with E-state index in [0.717, 1.165) is 17.0 Å². The van der Waals surface area contributed by atoms with Crippen LogP contribution in [0, 0.1) is 5.92 Å². The van der Waals surface area contributed by atoms with E-state index in [1.54, 1.807) is 18.2 Å². The van der Waals surface area contributed by atoms with Gasteiger partial charge >= 0.3 is 5.97 Å². The van der Waals surface area contributed by atoms with Gasteiger partial charge in [-0.1, -0.05) is 19.1 Å². The molecule has 1 heterocycles. The number of methoxy groups -OCH3 is 2. The highest BCUT2D eigenvalue weighted by atomic mass is 16.5. The number of hydrogen-bond donors (Lipinski definition) is 2. The Morgan fingerprint density at radius 3 is 2.38 bits per heavy atom. The molecule has 10 nitrogen and oxygen atoms in total. The van der Waals surface area contributed by atoms with Crippen LogP contribution in [0.1, 0.15) is 29.3 Å². The predicted molar refractivity (Wildman–Crippen MR) is 122 cm³/mol. The van der Waals surface area contributed by atoms with Crippen molar-refractivity contribution in [2.24, 2.45) is 5.92 Å². The minimum atomic E-state index is -0.796. The maximum Gasteiger partial charge on any atom is 0.311 e. The molecule has 0 unspecified atom stereocenters. The average molecular weight is 469 g/mol. The third kappa shape index (κ3) is 6.03. The van der Waals surface area contributed by atoms with Gasteiger partial charge in [-0.15, -0.1) is 0 Å². The van der Waals surface area contributed by atoms with Crippen LogP contribution >= 0.6 is 0 Å². The van der Waals surface area contributed by atoms with E-state index in [1.165, 1.54) is 26.4 Å². The molecule has 2 aromatic carbocycles. The lowest BCUT2D eigenvalue weighted by Gasteiger charge is -2.18. The number of rotatable bonds is 9. The summed E-state index contributed by atoms with van der Waals surface area (Å²) in [5.41, 5.74) is 4.47. The summed E-state index contributed by atoms with van der Waals surface area (Å²) in [5, 5.41) is 3.72. The molecule has 10 heteroatoms. The Bertz CT molecular complexity index is 1070. The Labute approximate surface area is 197 Å². The summed E-state index contributed by atoms with van der Waals surface area (Å²) >= 11 is 0. The Balaban J connectivity index is 1.49. The second-order valence-electron chi connectivity index (χ2n) is 7.62. The number of nitrogens with zero attached hydrogens (tertiary/aromatic N) is 1. The lowest BCUT2D eigenvalue weighted by molar-refractivity contribution is -0.151. The molecule has 0 spiro atoms. The molecule has 3 rings (SSSR count). The number of nitrogens with one attached hydrogen (secondary N) is 2. The van der Waals surface area contributed by atoms with Crippen molar-refractivity contribution >= 4 is 29.4 Å². The van der Waals surface area contributed by atoms with Gasteiger partial charge in [-0.2, -0.15) is 0 Å². The van der Waals surface area contributed by atoms with Crippen molar-refractivity contribution in [1.82, 2.24) is 10.4 Å². The van der Waals surface area contributed by atoms with Gasteiger partial charge in [-0.05, 0) is 42.3 Å². The summed E-state index contributed by atoms with van der Waals surface area (Å²) in [6, 6.07) is 11.9. The molecule has 1 aliphatic rings. The Morgan fingerprint density at radius 2 is 1.74 bits per heavy atom. The van der Waals surface area contributed by atoms with Crippen molar-refractivity contribution in [2.75, 3.05) is 32.7 Å². The van der Waals surface area contributed by atoms with Crippen LogP contribution in [0.15, 0.2) is 42.5 Å². The van der Waals surface area contributed by atoms with Crippen molar-refractivity contribution in [3.8, 4) is 11.5 Å². The van der Waals surface area contributed by atoms with Crippen molar-refractivity contribution in [2.45, 2.75) is 19.8 Å². The predicted octanol–water partition coefficient (Wildman–Crippen LogP) is 1.94. The van der Waals surface area contributed by atoms with Crippen LogP contribution in [0.5, 0.6) is 11.5 Å². The number of benzene rings is 2. The number of hydrazine groups is 1. The number of amides is 3. The van der Waals surface area contributed by atoms with Gasteiger partial charge < -0.3 is 19.5 Å². The first kappa shape index (κ1) is 24.6. The largest absolute Gasteiger partial charge is 0.493 e. The topological polar surface area (TPSA) is 123 Å². The highest BCUT2D eigenvalue weighted by molar-refractivity contribution is 5.97. The number of hydrogen-bond acceptors (Lipinski definition) is 7. The summed E-state index contributed by atoms with van der Waals surface area (Å²) in [7, 11) is 2.93. The fraction of sp³-hybridized carbons (Fsp3) is 0.333. The van der Waals surface area contributed by atoms with E-state index >= 15 is 0 Å². The summed E-state index contributed by atoms with van der Waals surface area (Å²) in [5.74, 6) is -2.12. The second kappa shape index (κ2) is 11.2. The highest BCUT2D eigenvalue weighted by Gasteiger charge is 2.36. The molecule has 180 valence electrons. The van der Waals surface area contributed by atoms with Gasteiger partial charge in [0, 0.05) is 17.7 Å². The molecule has 1 fully saturated rings. The molecule has 0 radical (unpaired) electrons. The zero-order valence-electron chi connectivity index (χ0n) is 19.3. The molecule has 0 aromatic heterocycles. The first-order valence-corrected chi connectivity index (χ1v) is 10.7. The van der Waals surface area contributed by atoms with Gasteiger partial charge in [0.2, 0.25) is 5.91 Å². The molecule has 3 amide bonds. The molecular weight excluding hydrogens is 442 g/mol. The molecule has 0 bridgehead atoms. The number of anilines is 1. The Morgan fingerprint density at radius 1 is 1.03 bits per heavy atom. The average Bonchev–Trinajstić information content (AvgIpc) is 3.22. The standard InChI is InChI=1S/C24H27N3O7/c1-4-15-5-8-18(9-6-15)25-21(28)14-34-24(31)17-12-22(29)27(13-17)26-23(30)16-7-10-19(32-2)20(11-16)33-3/h5-11,17H,4,12-14H2,1-3H3,(H,25,28)(H,26,30)/t17-/m0/s1. The minimum Gasteiger partial charge on any atom is -0.493 e. The van der Waals surface area contributed by atoms with Crippen LogP contribution in [0.25, 0.3) is 0 Å². The smallest absolute Gasteiger partial charge is 0.311 e. The van der Waals surface area contributed by atoms with Gasteiger partial charge in [0.25, 0.3) is 11.8 Å².